The number of hydrogen-bond donors (Lipinski definition) is 1. The summed E-state index contributed by atoms with van der Waals surface area (Å²) < 4.78 is 7.12. The van der Waals surface area contributed by atoms with E-state index in [9.17, 15) is 0 Å². The standard InChI is InChI=1S/C12H16N4O/c1-13-6-11-7-14-9-16(11)8-10-3-4-12(17-2)15-5-10/h3-5,7,9,13H,6,8H2,1-2H3. The Morgan fingerprint density at radius 2 is 2.24 bits per heavy atom. The molecular weight excluding hydrogens is 216 g/mol. The van der Waals surface area contributed by atoms with Gasteiger partial charge in [-0.1, -0.05) is 6.07 Å². The maximum Gasteiger partial charge on any atom is 0.212 e. The van der Waals surface area contributed by atoms with Crippen LogP contribution in [0, 0.1) is 0 Å². The van der Waals surface area contributed by atoms with Crippen molar-refractivity contribution < 1.29 is 4.74 Å². The molecule has 90 valence electrons. The van der Waals surface area contributed by atoms with Crippen LogP contribution in [-0.4, -0.2) is 28.7 Å². The lowest BCUT2D eigenvalue weighted by Crippen LogP contribution is -2.11. The van der Waals surface area contributed by atoms with E-state index in [0.717, 1.165) is 24.3 Å². The number of methoxy groups -OCH3 is 1. The lowest BCUT2D eigenvalue weighted by molar-refractivity contribution is 0.397. The summed E-state index contributed by atoms with van der Waals surface area (Å²) in [6.45, 7) is 1.58. The summed E-state index contributed by atoms with van der Waals surface area (Å²) >= 11 is 0. The van der Waals surface area contributed by atoms with Crippen molar-refractivity contribution in [1.29, 1.82) is 0 Å². The number of nitrogens with zero attached hydrogens (tertiary/aromatic N) is 3. The highest BCUT2D eigenvalue weighted by Gasteiger charge is 2.02. The zero-order valence-electron chi connectivity index (χ0n) is 10.1. The van der Waals surface area contributed by atoms with Crippen LogP contribution in [0.4, 0.5) is 0 Å². The Labute approximate surface area is 100 Å². The largest absolute Gasteiger partial charge is 0.481 e. The van der Waals surface area contributed by atoms with E-state index in [-0.39, 0.29) is 0 Å². The Bertz CT molecular complexity index is 464. The van der Waals surface area contributed by atoms with E-state index in [0.29, 0.717) is 5.88 Å². The predicted octanol–water partition coefficient (Wildman–Crippen LogP) is 1.05. The van der Waals surface area contributed by atoms with Crippen LogP contribution in [0.1, 0.15) is 11.3 Å². The third kappa shape index (κ3) is 2.82. The molecule has 0 saturated carbocycles. The first-order valence-corrected chi connectivity index (χ1v) is 5.46. The third-order valence-electron chi connectivity index (χ3n) is 2.52. The normalized spacial score (nSPS) is 10.5. The molecule has 5 heteroatoms. The van der Waals surface area contributed by atoms with Crippen molar-refractivity contribution in [1.82, 2.24) is 19.9 Å². The molecule has 0 radical (unpaired) electrons. The Morgan fingerprint density at radius 3 is 2.88 bits per heavy atom. The van der Waals surface area contributed by atoms with Crippen LogP contribution in [0.5, 0.6) is 5.88 Å². The van der Waals surface area contributed by atoms with Crippen LogP contribution in [0.3, 0.4) is 0 Å². The third-order valence-corrected chi connectivity index (χ3v) is 2.52. The number of ether oxygens (including phenoxy) is 1. The monoisotopic (exact) mass is 232 g/mol. The van der Waals surface area contributed by atoms with Crippen LogP contribution in [0.25, 0.3) is 0 Å². The van der Waals surface area contributed by atoms with Crippen LogP contribution in [0.15, 0.2) is 30.9 Å². The second-order valence-electron chi connectivity index (χ2n) is 3.75. The molecular formula is C12H16N4O. The predicted molar refractivity (Wildman–Crippen MR) is 64.9 cm³/mol. The van der Waals surface area contributed by atoms with E-state index in [1.807, 2.05) is 37.9 Å². The lowest BCUT2D eigenvalue weighted by atomic mass is 10.3. The van der Waals surface area contributed by atoms with Gasteiger partial charge < -0.3 is 14.6 Å². The first-order valence-electron chi connectivity index (χ1n) is 5.46. The minimum atomic E-state index is 0.634. The van der Waals surface area contributed by atoms with Crippen molar-refractivity contribution in [2.24, 2.45) is 0 Å². The molecule has 2 aromatic heterocycles. The van der Waals surface area contributed by atoms with Crippen LogP contribution in [-0.2, 0) is 13.1 Å². The second-order valence-corrected chi connectivity index (χ2v) is 3.75. The molecule has 0 spiro atoms. The SMILES string of the molecule is CNCc1cncn1Cc1ccc(OC)nc1. The quantitative estimate of drug-likeness (QED) is 0.837. The van der Waals surface area contributed by atoms with Gasteiger partial charge in [0.15, 0.2) is 0 Å². The maximum atomic E-state index is 5.03. The topological polar surface area (TPSA) is 52.0 Å². The summed E-state index contributed by atoms with van der Waals surface area (Å²) in [4.78, 5) is 8.33. The first-order chi connectivity index (χ1) is 8.33. The second kappa shape index (κ2) is 5.45. The Hall–Kier alpha value is -1.88. The highest BCUT2D eigenvalue weighted by Crippen LogP contribution is 2.09. The molecule has 0 aliphatic rings. The van der Waals surface area contributed by atoms with Crippen molar-refractivity contribution in [3.63, 3.8) is 0 Å². The van der Waals surface area contributed by atoms with Gasteiger partial charge in [0.1, 0.15) is 0 Å². The zero-order chi connectivity index (χ0) is 12.1. The molecule has 0 aromatic carbocycles. The van der Waals surface area contributed by atoms with Gasteiger partial charge in [-0.25, -0.2) is 9.97 Å². The minimum absolute atomic E-state index is 0.634. The van der Waals surface area contributed by atoms with Gasteiger partial charge >= 0.3 is 0 Å². The molecule has 0 aliphatic carbocycles. The van der Waals surface area contributed by atoms with Gasteiger partial charge in [-0.15, -0.1) is 0 Å². The van der Waals surface area contributed by atoms with Crippen molar-refractivity contribution in [2.45, 2.75) is 13.1 Å². The Morgan fingerprint density at radius 1 is 1.35 bits per heavy atom. The Kier molecular flexibility index (Phi) is 3.72. The molecule has 0 fully saturated rings. The lowest BCUT2D eigenvalue weighted by Gasteiger charge is -2.08. The van der Waals surface area contributed by atoms with Crippen LogP contribution < -0.4 is 10.1 Å². The molecule has 0 aliphatic heterocycles. The molecule has 17 heavy (non-hydrogen) atoms. The molecule has 2 rings (SSSR count). The molecule has 2 aromatic rings. The van der Waals surface area contributed by atoms with E-state index in [1.165, 1.54) is 0 Å². The fourth-order valence-electron chi connectivity index (χ4n) is 1.64. The maximum absolute atomic E-state index is 5.03. The summed E-state index contributed by atoms with van der Waals surface area (Å²) in [5.74, 6) is 0.634. The molecule has 0 unspecified atom stereocenters. The van der Waals surface area contributed by atoms with Crippen LogP contribution >= 0.6 is 0 Å². The summed E-state index contributed by atoms with van der Waals surface area (Å²) in [6, 6.07) is 3.87. The number of nitrogens with one attached hydrogen (secondary N) is 1. The van der Waals surface area contributed by atoms with Gasteiger partial charge in [0.05, 0.1) is 25.7 Å². The molecule has 0 amide bonds. The Balaban J connectivity index is 2.10. The zero-order valence-corrected chi connectivity index (χ0v) is 10.1. The van der Waals surface area contributed by atoms with Gasteiger partial charge in [0.25, 0.3) is 0 Å². The summed E-state index contributed by atoms with van der Waals surface area (Å²) in [5, 5.41) is 3.12. The van der Waals surface area contributed by atoms with E-state index in [4.69, 9.17) is 4.74 Å². The first kappa shape index (κ1) is 11.6. The summed E-state index contributed by atoms with van der Waals surface area (Å²) in [7, 11) is 3.54. The molecule has 0 saturated heterocycles. The van der Waals surface area contributed by atoms with E-state index >= 15 is 0 Å². The molecule has 1 N–H and O–H groups in total. The smallest absolute Gasteiger partial charge is 0.212 e. The number of aromatic nitrogens is 3. The molecule has 0 atom stereocenters. The van der Waals surface area contributed by atoms with Crippen molar-refractivity contribution >= 4 is 0 Å². The van der Waals surface area contributed by atoms with Gasteiger partial charge in [-0.3, -0.25) is 0 Å². The molecule has 0 bridgehead atoms. The number of imidazole rings is 1. The highest BCUT2D eigenvalue weighted by atomic mass is 16.5. The van der Waals surface area contributed by atoms with E-state index in [1.54, 1.807) is 7.11 Å². The average Bonchev–Trinajstić information content (AvgIpc) is 2.78. The molecule has 5 nitrogen and oxygen atoms in total. The minimum Gasteiger partial charge on any atom is -0.481 e. The summed E-state index contributed by atoms with van der Waals surface area (Å²) in [5.41, 5.74) is 2.28. The fraction of sp³-hybridized carbons (Fsp3) is 0.333. The van der Waals surface area contributed by atoms with Crippen molar-refractivity contribution in [3.8, 4) is 5.88 Å². The fourth-order valence-corrected chi connectivity index (χ4v) is 1.64. The number of pyridine rings is 1. The van der Waals surface area contributed by atoms with E-state index < -0.39 is 0 Å². The van der Waals surface area contributed by atoms with Crippen molar-refractivity contribution in [2.75, 3.05) is 14.2 Å². The summed E-state index contributed by atoms with van der Waals surface area (Å²) in [6.07, 6.45) is 5.52. The van der Waals surface area contributed by atoms with Gasteiger partial charge in [0.2, 0.25) is 5.88 Å². The highest BCUT2D eigenvalue weighted by molar-refractivity contribution is 5.18. The average molecular weight is 232 g/mol. The van der Waals surface area contributed by atoms with Gasteiger partial charge in [-0.2, -0.15) is 0 Å². The van der Waals surface area contributed by atoms with Crippen LogP contribution in [0.2, 0.25) is 0 Å². The van der Waals surface area contributed by atoms with Gasteiger partial charge in [0, 0.05) is 25.0 Å². The van der Waals surface area contributed by atoms with Gasteiger partial charge in [-0.05, 0) is 12.6 Å². The number of rotatable bonds is 5. The van der Waals surface area contributed by atoms with Crippen molar-refractivity contribution in [3.05, 3.63) is 42.1 Å². The number of hydrogen-bond acceptors (Lipinski definition) is 4. The van der Waals surface area contributed by atoms with E-state index in [2.05, 4.69) is 19.9 Å². The molecule has 2 heterocycles.